The van der Waals surface area contributed by atoms with Crippen molar-refractivity contribution >= 4 is 15.9 Å². The number of hydrogen-bond acceptors (Lipinski definition) is 3. The molecule has 0 aromatic heterocycles. The van der Waals surface area contributed by atoms with Crippen LogP contribution < -0.4 is 4.74 Å². The quantitative estimate of drug-likeness (QED) is 0.722. The Hall–Kier alpha value is -0.580. The molecule has 1 aromatic carbocycles. The van der Waals surface area contributed by atoms with E-state index >= 15 is 0 Å². The minimum Gasteiger partial charge on any atom is -0.496 e. The van der Waals surface area contributed by atoms with Crippen LogP contribution >= 0.6 is 15.9 Å². The molecule has 0 N–H and O–H groups in total. The molecular formula is C12H17BrO3. The molecule has 0 saturated carbocycles. The minimum atomic E-state index is 0.593. The maximum absolute atomic E-state index is 5.46. The third-order valence-electron chi connectivity index (χ3n) is 2.06. The molecule has 0 spiro atoms. The van der Waals surface area contributed by atoms with Gasteiger partial charge in [0.05, 0.1) is 31.4 Å². The van der Waals surface area contributed by atoms with Crippen LogP contribution in [-0.4, -0.2) is 26.9 Å². The van der Waals surface area contributed by atoms with Crippen molar-refractivity contribution in [3.8, 4) is 5.75 Å². The zero-order valence-corrected chi connectivity index (χ0v) is 11.2. The van der Waals surface area contributed by atoms with Crippen molar-refractivity contribution in [2.75, 3.05) is 26.9 Å². The Bertz CT molecular complexity index is 315. The van der Waals surface area contributed by atoms with Gasteiger partial charge in [0.25, 0.3) is 0 Å². The number of ether oxygens (including phenoxy) is 3. The number of methoxy groups -OCH3 is 1. The summed E-state index contributed by atoms with van der Waals surface area (Å²) in [4.78, 5) is 0. The van der Waals surface area contributed by atoms with E-state index in [1.54, 1.807) is 7.11 Å². The first-order valence-electron chi connectivity index (χ1n) is 5.25. The standard InChI is InChI=1S/C12H17BrO3/c1-3-15-6-7-16-9-10-4-5-12(14-2)11(13)8-10/h4-5,8H,3,6-7,9H2,1-2H3. The Morgan fingerprint density at radius 1 is 1.19 bits per heavy atom. The fraction of sp³-hybridized carbons (Fsp3) is 0.500. The Morgan fingerprint density at radius 2 is 1.94 bits per heavy atom. The van der Waals surface area contributed by atoms with Crippen LogP contribution in [0.1, 0.15) is 12.5 Å². The molecule has 0 aliphatic carbocycles. The van der Waals surface area contributed by atoms with Crippen molar-refractivity contribution < 1.29 is 14.2 Å². The van der Waals surface area contributed by atoms with Gasteiger partial charge in [-0.2, -0.15) is 0 Å². The molecule has 0 heterocycles. The number of halogens is 1. The van der Waals surface area contributed by atoms with Gasteiger partial charge < -0.3 is 14.2 Å². The Morgan fingerprint density at radius 3 is 2.56 bits per heavy atom. The summed E-state index contributed by atoms with van der Waals surface area (Å²) in [6.07, 6.45) is 0. The normalized spacial score (nSPS) is 10.4. The minimum absolute atomic E-state index is 0.593. The van der Waals surface area contributed by atoms with Gasteiger partial charge in [-0.15, -0.1) is 0 Å². The van der Waals surface area contributed by atoms with Crippen molar-refractivity contribution in [3.05, 3.63) is 28.2 Å². The van der Waals surface area contributed by atoms with Crippen LogP contribution in [0.4, 0.5) is 0 Å². The van der Waals surface area contributed by atoms with Gasteiger partial charge in [-0.25, -0.2) is 0 Å². The van der Waals surface area contributed by atoms with Crippen LogP contribution in [0.2, 0.25) is 0 Å². The molecule has 0 amide bonds. The van der Waals surface area contributed by atoms with Crippen LogP contribution in [0.15, 0.2) is 22.7 Å². The molecule has 0 atom stereocenters. The van der Waals surface area contributed by atoms with Crippen LogP contribution in [0, 0.1) is 0 Å². The van der Waals surface area contributed by atoms with Crippen LogP contribution in [0.25, 0.3) is 0 Å². The number of hydrogen-bond donors (Lipinski definition) is 0. The lowest BCUT2D eigenvalue weighted by Gasteiger charge is -2.07. The second-order valence-electron chi connectivity index (χ2n) is 3.22. The van der Waals surface area contributed by atoms with E-state index in [2.05, 4.69) is 15.9 Å². The summed E-state index contributed by atoms with van der Waals surface area (Å²) in [7, 11) is 1.65. The molecule has 0 radical (unpaired) electrons. The fourth-order valence-corrected chi connectivity index (χ4v) is 1.84. The molecule has 0 bridgehead atoms. The smallest absolute Gasteiger partial charge is 0.133 e. The van der Waals surface area contributed by atoms with E-state index in [-0.39, 0.29) is 0 Å². The third-order valence-corrected chi connectivity index (χ3v) is 2.68. The van der Waals surface area contributed by atoms with Gasteiger partial charge in [-0.05, 0) is 40.5 Å². The van der Waals surface area contributed by atoms with Gasteiger partial charge in [0.1, 0.15) is 5.75 Å². The summed E-state index contributed by atoms with van der Waals surface area (Å²) in [5.74, 6) is 0.832. The topological polar surface area (TPSA) is 27.7 Å². The predicted molar refractivity (Wildman–Crippen MR) is 66.8 cm³/mol. The van der Waals surface area contributed by atoms with E-state index in [4.69, 9.17) is 14.2 Å². The third kappa shape index (κ3) is 4.51. The van der Waals surface area contributed by atoms with E-state index in [9.17, 15) is 0 Å². The summed E-state index contributed by atoms with van der Waals surface area (Å²) in [6.45, 7) is 4.57. The molecule has 0 fully saturated rings. The highest BCUT2D eigenvalue weighted by Gasteiger charge is 2.01. The predicted octanol–water partition coefficient (Wildman–Crippen LogP) is 3.01. The molecule has 3 nitrogen and oxygen atoms in total. The first-order chi connectivity index (χ1) is 7.77. The average Bonchev–Trinajstić information content (AvgIpc) is 2.29. The molecular weight excluding hydrogens is 272 g/mol. The maximum Gasteiger partial charge on any atom is 0.133 e. The van der Waals surface area contributed by atoms with E-state index in [0.29, 0.717) is 19.8 Å². The second-order valence-corrected chi connectivity index (χ2v) is 4.07. The van der Waals surface area contributed by atoms with Gasteiger partial charge >= 0.3 is 0 Å². The average molecular weight is 289 g/mol. The molecule has 0 aliphatic rings. The first-order valence-corrected chi connectivity index (χ1v) is 6.05. The number of rotatable bonds is 7. The van der Waals surface area contributed by atoms with Crippen LogP contribution in [-0.2, 0) is 16.1 Å². The first kappa shape index (κ1) is 13.5. The highest BCUT2D eigenvalue weighted by Crippen LogP contribution is 2.25. The zero-order valence-electron chi connectivity index (χ0n) is 9.66. The molecule has 16 heavy (non-hydrogen) atoms. The van der Waals surface area contributed by atoms with Gasteiger partial charge in [-0.3, -0.25) is 0 Å². The van der Waals surface area contributed by atoms with E-state index < -0.39 is 0 Å². The summed E-state index contributed by atoms with van der Waals surface area (Å²) in [5.41, 5.74) is 1.11. The lowest BCUT2D eigenvalue weighted by atomic mass is 10.2. The largest absolute Gasteiger partial charge is 0.496 e. The highest BCUT2D eigenvalue weighted by molar-refractivity contribution is 9.10. The van der Waals surface area contributed by atoms with Gasteiger partial charge in [-0.1, -0.05) is 6.07 Å². The Labute approximate surface area is 105 Å². The van der Waals surface area contributed by atoms with Crippen molar-refractivity contribution in [1.29, 1.82) is 0 Å². The van der Waals surface area contributed by atoms with Crippen molar-refractivity contribution in [1.82, 2.24) is 0 Å². The zero-order chi connectivity index (χ0) is 11.8. The summed E-state index contributed by atoms with van der Waals surface area (Å²) < 4.78 is 16.7. The Kier molecular flexibility index (Phi) is 6.45. The second kappa shape index (κ2) is 7.65. The van der Waals surface area contributed by atoms with Gasteiger partial charge in [0.2, 0.25) is 0 Å². The van der Waals surface area contributed by atoms with E-state index in [0.717, 1.165) is 22.4 Å². The molecule has 0 unspecified atom stereocenters. The lowest BCUT2D eigenvalue weighted by Crippen LogP contribution is -2.03. The van der Waals surface area contributed by atoms with Crippen molar-refractivity contribution in [2.45, 2.75) is 13.5 Å². The molecule has 0 aliphatic heterocycles. The maximum atomic E-state index is 5.46. The van der Waals surface area contributed by atoms with E-state index in [1.165, 1.54) is 0 Å². The van der Waals surface area contributed by atoms with Crippen molar-refractivity contribution in [3.63, 3.8) is 0 Å². The fourth-order valence-electron chi connectivity index (χ4n) is 1.25. The van der Waals surface area contributed by atoms with Gasteiger partial charge in [0, 0.05) is 6.61 Å². The van der Waals surface area contributed by atoms with Crippen molar-refractivity contribution in [2.24, 2.45) is 0 Å². The SMILES string of the molecule is CCOCCOCc1ccc(OC)c(Br)c1. The highest BCUT2D eigenvalue weighted by atomic mass is 79.9. The summed E-state index contributed by atoms with van der Waals surface area (Å²) in [6, 6.07) is 5.91. The Balaban J connectivity index is 2.34. The summed E-state index contributed by atoms with van der Waals surface area (Å²) >= 11 is 3.44. The van der Waals surface area contributed by atoms with Crippen LogP contribution in [0.3, 0.4) is 0 Å². The molecule has 1 rings (SSSR count). The lowest BCUT2D eigenvalue weighted by molar-refractivity contribution is 0.0452. The molecule has 90 valence electrons. The van der Waals surface area contributed by atoms with Crippen LogP contribution in [0.5, 0.6) is 5.75 Å². The molecule has 1 aromatic rings. The summed E-state index contributed by atoms with van der Waals surface area (Å²) in [5, 5.41) is 0. The number of benzene rings is 1. The van der Waals surface area contributed by atoms with E-state index in [1.807, 2.05) is 25.1 Å². The molecule has 0 saturated heterocycles. The molecule has 4 heteroatoms. The van der Waals surface area contributed by atoms with Gasteiger partial charge in [0.15, 0.2) is 0 Å². The monoisotopic (exact) mass is 288 g/mol.